The maximum Gasteiger partial charge on any atom is 0.374 e. The summed E-state index contributed by atoms with van der Waals surface area (Å²) < 4.78 is 4.59. The van der Waals surface area contributed by atoms with Gasteiger partial charge in [-0.1, -0.05) is 12.1 Å². The number of likely N-dealkylation sites (tertiary alicyclic amines) is 1. The molecule has 2 heterocycles. The summed E-state index contributed by atoms with van der Waals surface area (Å²) in [5.74, 6) is -1.15. The molecule has 1 unspecified atom stereocenters. The van der Waals surface area contributed by atoms with Crippen LogP contribution in [0.5, 0.6) is 0 Å². The molecule has 6 nitrogen and oxygen atoms in total. The molecule has 0 aromatic carbocycles. The Labute approximate surface area is 105 Å². The summed E-state index contributed by atoms with van der Waals surface area (Å²) in [6.07, 6.45) is 3.05. The second-order valence-electron chi connectivity index (χ2n) is 4.71. The Balaban J connectivity index is 2.07. The normalized spacial score (nSPS) is 20.5. The third-order valence-corrected chi connectivity index (χ3v) is 3.24. The first kappa shape index (κ1) is 12.6. The van der Waals surface area contributed by atoms with Crippen molar-refractivity contribution in [2.24, 2.45) is 5.92 Å². The van der Waals surface area contributed by atoms with Gasteiger partial charge < -0.3 is 14.5 Å². The van der Waals surface area contributed by atoms with E-state index in [1.54, 1.807) is 4.90 Å². The predicted octanol–water partition coefficient (Wildman–Crippen LogP) is 1.64. The van der Waals surface area contributed by atoms with Gasteiger partial charge >= 0.3 is 5.97 Å². The van der Waals surface area contributed by atoms with E-state index in [4.69, 9.17) is 5.11 Å². The lowest BCUT2D eigenvalue weighted by Gasteiger charge is -2.18. The van der Waals surface area contributed by atoms with Crippen molar-refractivity contribution in [2.75, 3.05) is 13.1 Å². The van der Waals surface area contributed by atoms with Gasteiger partial charge in [0.2, 0.25) is 5.76 Å². The average Bonchev–Trinajstić information content (AvgIpc) is 2.73. The maximum absolute atomic E-state index is 12.1. The number of carbonyl (C=O) groups is 2. The van der Waals surface area contributed by atoms with E-state index in [0.29, 0.717) is 19.0 Å². The molecule has 0 saturated carbocycles. The van der Waals surface area contributed by atoms with Crippen molar-refractivity contribution in [3.8, 4) is 0 Å². The van der Waals surface area contributed by atoms with E-state index in [2.05, 4.69) is 16.6 Å². The number of carbonyl (C=O) groups excluding carboxylic acids is 1. The van der Waals surface area contributed by atoms with Crippen LogP contribution in [0, 0.1) is 5.92 Å². The molecule has 1 N–H and O–H groups in total. The van der Waals surface area contributed by atoms with E-state index >= 15 is 0 Å². The SMILES string of the molecule is CC1CCCN(C(=O)c2cc(C(=O)O)on2)CC1. The summed E-state index contributed by atoms with van der Waals surface area (Å²) in [5, 5.41) is 12.2. The van der Waals surface area contributed by atoms with Gasteiger partial charge in [-0.25, -0.2) is 4.79 Å². The summed E-state index contributed by atoms with van der Waals surface area (Å²) in [6.45, 7) is 3.56. The molecule has 0 spiro atoms. The first-order valence-electron chi connectivity index (χ1n) is 6.07. The van der Waals surface area contributed by atoms with Crippen molar-refractivity contribution in [1.29, 1.82) is 0 Å². The van der Waals surface area contributed by atoms with Gasteiger partial charge in [0.05, 0.1) is 0 Å². The number of aromatic carboxylic acids is 1. The van der Waals surface area contributed by atoms with E-state index in [1.807, 2.05) is 0 Å². The number of hydrogen-bond acceptors (Lipinski definition) is 4. The van der Waals surface area contributed by atoms with Gasteiger partial charge in [-0.05, 0) is 25.2 Å². The van der Waals surface area contributed by atoms with Crippen molar-refractivity contribution in [3.05, 3.63) is 17.5 Å². The monoisotopic (exact) mass is 252 g/mol. The largest absolute Gasteiger partial charge is 0.475 e. The van der Waals surface area contributed by atoms with Crippen molar-refractivity contribution in [3.63, 3.8) is 0 Å². The van der Waals surface area contributed by atoms with Gasteiger partial charge in [0.25, 0.3) is 5.91 Å². The third kappa shape index (κ3) is 2.69. The molecule has 1 aliphatic heterocycles. The topological polar surface area (TPSA) is 83.6 Å². The van der Waals surface area contributed by atoms with Gasteiger partial charge in [-0.15, -0.1) is 0 Å². The molecular weight excluding hydrogens is 236 g/mol. The molecule has 0 aliphatic carbocycles. The maximum atomic E-state index is 12.1. The highest BCUT2D eigenvalue weighted by Gasteiger charge is 2.23. The fourth-order valence-corrected chi connectivity index (χ4v) is 2.10. The van der Waals surface area contributed by atoms with Gasteiger partial charge in [0.1, 0.15) is 0 Å². The molecule has 1 saturated heterocycles. The van der Waals surface area contributed by atoms with Gasteiger partial charge in [0, 0.05) is 19.2 Å². The van der Waals surface area contributed by atoms with Gasteiger partial charge in [-0.2, -0.15) is 0 Å². The number of nitrogens with zero attached hydrogens (tertiary/aromatic N) is 2. The van der Waals surface area contributed by atoms with E-state index in [-0.39, 0.29) is 17.4 Å². The highest BCUT2D eigenvalue weighted by Crippen LogP contribution is 2.18. The van der Waals surface area contributed by atoms with E-state index in [0.717, 1.165) is 19.3 Å². The number of carboxylic acid groups (broad SMARTS) is 1. The zero-order valence-electron chi connectivity index (χ0n) is 10.3. The van der Waals surface area contributed by atoms with Crippen molar-refractivity contribution in [1.82, 2.24) is 10.1 Å². The van der Waals surface area contributed by atoms with Crippen LogP contribution in [0.4, 0.5) is 0 Å². The molecule has 0 bridgehead atoms. The quantitative estimate of drug-likeness (QED) is 0.864. The molecule has 1 amide bonds. The zero-order valence-corrected chi connectivity index (χ0v) is 10.3. The molecule has 1 aliphatic rings. The number of amides is 1. The zero-order chi connectivity index (χ0) is 13.1. The van der Waals surface area contributed by atoms with Crippen LogP contribution >= 0.6 is 0 Å². The molecule has 0 radical (unpaired) electrons. The number of rotatable bonds is 2. The van der Waals surface area contributed by atoms with Gasteiger partial charge in [0.15, 0.2) is 5.69 Å². The number of hydrogen-bond donors (Lipinski definition) is 1. The minimum absolute atomic E-state index is 0.0713. The van der Waals surface area contributed by atoms with Crippen LogP contribution in [0.2, 0.25) is 0 Å². The molecule has 18 heavy (non-hydrogen) atoms. The van der Waals surface area contributed by atoms with Crippen molar-refractivity contribution < 1.29 is 19.2 Å². The first-order chi connectivity index (χ1) is 8.58. The van der Waals surface area contributed by atoms with Crippen molar-refractivity contribution in [2.45, 2.75) is 26.2 Å². The minimum atomic E-state index is -1.22. The first-order valence-corrected chi connectivity index (χ1v) is 6.07. The van der Waals surface area contributed by atoms with E-state index in [1.165, 1.54) is 6.07 Å². The van der Waals surface area contributed by atoms with Crippen LogP contribution < -0.4 is 0 Å². The molecule has 1 aromatic heterocycles. The summed E-state index contributed by atoms with van der Waals surface area (Å²) in [5.41, 5.74) is 0.0713. The Hall–Kier alpha value is -1.85. The second-order valence-corrected chi connectivity index (χ2v) is 4.71. The molecule has 6 heteroatoms. The lowest BCUT2D eigenvalue weighted by Crippen LogP contribution is -2.32. The Morgan fingerprint density at radius 3 is 2.89 bits per heavy atom. The van der Waals surface area contributed by atoms with Gasteiger partial charge in [-0.3, -0.25) is 4.79 Å². The molecular formula is C12H16N2O4. The number of carboxylic acids is 1. The summed E-state index contributed by atoms with van der Waals surface area (Å²) in [4.78, 5) is 24.5. The summed E-state index contributed by atoms with van der Waals surface area (Å²) >= 11 is 0. The lowest BCUT2D eigenvalue weighted by molar-refractivity contribution is 0.0648. The second kappa shape index (κ2) is 5.20. The minimum Gasteiger partial charge on any atom is -0.475 e. The van der Waals surface area contributed by atoms with Crippen LogP contribution in [-0.2, 0) is 0 Å². The molecule has 1 aromatic rings. The predicted molar refractivity (Wildman–Crippen MR) is 62.4 cm³/mol. The summed E-state index contributed by atoms with van der Waals surface area (Å²) in [6, 6.07) is 1.18. The highest BCUT2D eigenvalue weighted by molar-refractivity contribution is 5.94. The van der Waals surface area contributed by atoms with E-state index in [9.17, 15) is 9.59 Å². The van der Waals surface area contributed by atoms with Crippen LogP contribution in [0.1, 0.15) is 47.2 Å². The molecule has 1 fully saturated rings. The Morgan fingerprint density at radius 2 is 2.22 bits per heavy atom. The highest BCUT2D eigenvalue weighted by atomic mass is 16.5. The van der Waals surface area contributed by atoms with Crippen LogP contribution in [-0.4, -0.2) is 40.1 Å². The van der Waals surface area contributed by atoms with E-state index < -0.39 is 5.97 Å². The van der Waals surface area contributed by atoms with Crippen LogP contribution in [0.15, 0.2) is 10.6 Å². The molecule has 1 atom stereocenters. The smallest absolute Gasteiger partial charge is 0.374 e. The third-order valence-electron chi connectivity index (χ3n) is 3.24. The lowest BCUT2D eigenvalue weighted by atomic mass is 10.0. The molecule has 98 valence electrons. The fourth-order valence-electron chi connectivity index (χ4n) is 2.10. The fraction of sp³-hybridized carbons (Fsp3) is 0.583. The Kier molecular flexibility index (Phi) is 3.64. The standard InChI is InChI=1S/C12H16N2O4/c1-8-3-2-5-14(6-4-8)11(15)9-7-10(12(16)17)18-13-9/h7-8H,2-6H2,1H3,(H,16,17). The Bertz CT molecular complexity index is 455. The number of aromatic nitrogens is 1. The average molecular weight is 252 g/mol. The van der Waals surface area contributed by atoms with Crippen molar-refractivity contribution >= 4 is 11.9 Å². The Morgan fingerprint density at radius 1 is 1.44 bits per heavy atom. The molecule has 2 rings (SSSR count). The van der Waals surface area contributed by atoms with Crippen LogP contribution in [0.3, 0.4) is 0 Å². The van der Waals surface area contributed by atoms with Crippen LogP contribution in [0.25, 0.3) is 0 Å². The summed E-state index contributed by atoms with van der Waals surface area (Å²) in [7, 11) is 0.